The number of benzene rings is 1. The number of hydrogen-bond donors (Lipinski definition) is 1. The topological polar surface area (TPSA) is 58.6 Å². The fourth-order valence-corrected chi connectivity index (χ4v) is 5.06. The van der Waals surface area contributed by atoms with Crippen molar-refractivity contribution in [3.63, 3.8) is 0 Å². The molecule has 1 N–H and O–H groups in total. The van der Waals surface area contributed by atoms with Crippen LogP contribution in [-0.2, 0) is 4.74 Å². The number of carbonyl (C=O) groups excluding carboxylic acids is 2. The van der Waals surface area contributed by atoms with Gasteiger partial charge in [-0.1, -0.05) is 35.2 Å². The molecule has 1 saturated heterocycles. The smallest absolute Gasteiger partial charge is 0.410 e. The van der Waals surface area contributed by atoms with E-state index in [2.05, 4.69) is 21.2 Å². The number of amides is 2. The highest BCUT2D eigenvalue weighted by Gasteiger charge is 2.31. The van der Waals surface area contributed by atoms with Crippen LogP contribution in [0.3, 0.4) is 0 Å². The van der Waals surface area contributed by atoms with Gasteiger partial charge in [0.05, 0.1) is 0 Å². The Labute approximate surface area is 195 Å². The molecule has 3 rings (SSSR count). The zero-order valence-electron chi connectivity index (χ0n) is 19.2. The van der Waals surface area contributed by atoms with Gasteiger partial charge in [0.1, 0.15) is 5.60 Å². The number of likely N-dealkylation sites (tertiary alicyclic amines) is 1. The molecule has 1 aromatic rings. The summed E-state index contributed by atoms with van der Waals surface area (Å²) in [6.45, 7) is 7.18. The molecule has 172 valence electrons. The Kier molecular flexibility index (Phi) is 8.43. The third kappa shape index (κ3) is 7.51. The van der Waals surface area contributed by atoms with E-state index >= 15 is 0 Å². The van der Waals surface area contributed by atoms with E-state index in [-0.39, 0.29) is 18.0 Å². The van der Waals surface area contributed by atoms with Gasteiger partial charge in [-0.2, -0.15) is 0 Å². The van der Waals surface area contributed by atoms with Gasteiger partial charge in [-0.15, -0.1) is 0 Å². The summed E-state index contributed by atoms with van der Waals surface area (Å²) in [5, 5.41) is 3.38. The first-order valence-electron chi connectivity index (χ1n) is 11.8. The summed E-state index contributed by atoms with van der Waals surface area (Å²) in [7, 11) is 0. The van der Waals surface area contributed by atoms with E-state index in [4.69, 9.17) is 4.74 Å². The van der Waals surface area contributed by atoms with Crippen molar-refractivity contribution in [2.75, 3.05) is 13.1 Å². The summed E-state index contributed by atoms with van der Waals surface area (Å²) in [4.78, 5) is 27.1. The van der Waals surface area contributed by atoms with E-state index in [9.17, 15) is 9.59 Å². The van der Waals surface area contributed by atoms with Crippen molar-refractivity contribution in [2.24, 2.45) is 11.8 Å². The molecule has 2 fully saturated rings. The molecule has 0 radical (unpaired) electrons. The van der Waals surface area contributed by atoms with Crippen molar-refractivity contribution >= 4 is 27.9 Å². The molecule has 1 unspecified atom stereocenters. The lowest BCUT2D eigenvalue weighted by Crippen LogP contribution is -2.45. The Balaban J connectivity index is 1.58. The lowest BCUT2D eigenvalue weighted by molar-refractivity contribution is 0.0174. The van der Waals surface area contributed by atoms with E-state index in [1.54, 1.807) is 0 Å². The molecule has 6 heteroatoms. The summed E-state index contributed by atoms with van der Waals surface area (Å²) in [6.07, 6.45) is 8.93. The Morgan fingerprint density at radius 2 is 1.68 bits per heavy atom. The van der Waals surface area contributed by atoms with Gasteiger partial charge >= 0.3 is 6.09 Å². The zero-order chi connectivity index (χ0) is 22.4. The Morgan fingerprint density at radius 3 is 2.26 bits per heavy atom. The van der Waals surface area contributed by atoms with Crippen LogP contribution < -0.4 is 5.32 Å². The molecule has 2 amide bonds. The molecule has 1 aliphatic carbocycles. The molecule has 0 aromatic heterocycles. The molecule has 31 heavy (non-hydrogen) atoms. The number of nitrogens with zero attached hydrogens (tertiary/aromatic N) is 1. The van der Waals surface area contributed by atoms with Gasteiger partial charge in [0.2, 0.25) is 0 Å². The van der Waals surface area contributed by atoms with Crippen molar-refractivity contribution in [1.29, 1.82) is 0 Å². The predicted octanol–water partition coefficient (Wildman–Crippen LogP) is 6.17. The van der Waals surface area contributed by atoms with E-state index in [1.807, 2.05) is 49.9 Å². The maximum absolute atomic E-state index is 12.9. The Morgan fingerprint density at radius 1 is 1.06 bits per heavy atom. The average Bonchev–Trinajstić information content (AvgIpc) is 2.73. The molecular formula is C25H37BrN2O3. The summed E-state index contributed by atoms with van der Waals surface area (Å²) >= 11 is 3.44. The average molecular weight is 493 g/mol. The van der Waals surface area contributed by atoms with Crippen LogP contribution in [0.25, 0.3) is 0 Å². The molecule has 1 aromatic carbocycles. The lowest BCUT2D eigenvalue weighted by Gasteiger charge is -2.37. The number of halogens is 1. The highest BCUT2D eigenvalue weighted by Crippen LogP contribution is 2.32. The second-order valence-electron chi connectivity index (χ2n) is 10.1. The predicted molar refractivity (Wildman–Crippen MR) is 127 cm³/mol. The van der Waals surface area contributed by atoms with E-state index in [1.165, 1.54) is 32.1 Å². The number of hydrogen-bond acceptors (Lipinski definition) is 3. The molecule has 0 spiro atoms. The summed E-state index contributed by atoms with van der Waals surface area (Å²) in [5.41, 5.74) is 0.251. The van der Waals surface area contributed by atoms with E-state index in [0.717, 1.165) is 36.8 Å². The number of ether oxygens (including phenoxy) is 1. The van der Waals surface area contributed by atoms with E-state index in [0.29, 0.717) is 17.4 Å². The van der Waals surface area contributed by atoms with Gasteiger partial charge in [0, 0.05) is 29.2 Å². The number of rotatable bonds is 5. The largest absolute Gasteiger partial charge is 0.444 e. The van der Waals surface area contributed by atoms with Gasteiger partial charge in [0.15, 0.2) is 0 Å². The van der Waals surface area contributed by atoms with Crippen LogP contribution in [0.4, 0.5) is 4.79 Å². The third-order valence-corrected chi connectivity index (χ3v) is 7.02. The monoisotopic (exact) mass is 492 g/mol. The third-order valence-electron chi connectivity index (χ3n) is 6.50. The molecular weight excluding hydrogens is 456 g/mol. The van der Waals surface area contributed by atoms with Crippen LogP contribution in [0.1, 0.15) is 82.5 Å². The van der Waals surface area contributed by atoms with Gasteiger partial charge in [-0.3, -0.25) is 4.79 Å². The summed E-state index contributed by atoms with van der Waals surface area (Å²) in [6, 6.07) is 7.77. The van der Waals surface area contributed by atoms with Crippen LogP contribution in [0.15, 0.2) is 28.7 Å². The zero-order valence-corrected chi connectivity index (χ0v) is 20.7. The van der Waals surface area contributed by atoms with Crippen LogP contribution in [0, 0.1) is 11.8 Å². The molecule has 5 nitrogen and oxygen atoms in total. The molecule has 1 saturated carbocycles. The summed E-state index contributed by atoms with van der Waals surface area (Å²) < 4.78 is 6.50. The molecule has 0 bridgehead atoms. The standard InChI is InChI=1S/C25H37BrN2O3/c1-25(2,3)31-24(30)28-15-13-18(14-16-28)17-22(19-7-5-4-6-8-19)27-23(29)20-9-11-21(26)12-10-20/h9-12,18-19,22H,4-8,13-17H2,1-3H3,(H,27,29). The second-order valence-corrected chi connectivity index (χ2v) is 11.0. The highest BCUT2D eigenvalue weighted by molar-refractivity contribution is 9.10. The quantitative estimate of drug-likeness (QED) is 0.534. The lowest BCUT2D eigenvalue weighted by atomic mass is 9.78. The van der Waals surface area contributed by atoms with E-state index < -0.39 is 5.60 Å². The summed E-state index contributed by atoms with van der Waals surface area (Å²) in [5.74, 6) is 1.10. The maximum Gasteiger partial charge on any atom is 0.410 e. The van der Waals surface area contributed by atoms with Crippen LogP contribution >= 0.6 is 15.9 Å². The second kappa shape index (κ2) is 10.8. The van der Waals surface area contributed by atoms with Crippen molar-refractivity contribution in [1.82, 2.24) is 10.2 Å². The normalized spacial score (nSPS) is 19.7. The first kappa shape index (κ1) is 24.1. The molecule has 1 heterocycles. The SMILES string of the molecule is CC(C)(C)OC(=O)N1CCC(CC(NC(=O)c2ccc(Br)cc2)C2CCCCC2)CC1. The fraction of sp³-hybridized carbons (Fsp3) is 0.680. The maximum atomic E-state index is 12.9. The molecule has 1 atom stereocenters. The minimum absolute atomic E-state index is 0.0225. The first-order chi connectivity index (χ1) is 14.7. The van der Waals surface area contributed by atoms with Gasteiger partial charge in [-0.25, -0.2) is 4.79 Å². The number of carbonyl (C=O) groups is 2. The van der Waals surface area contributed by atoms with Crippen molar-refractivity contribution in [3.05, 3.63) is 34.3 Å². The van der Waals surface area contributed by atoms with Crippen molar-refractivity contribution in [2.45, 2.75) is 83.8 Å². The number of piperidine rings is 1. The van der Waals surface area contributed by atoms with Gasteiger partial charge < -0.3 is 15.0 Å². The van der Waals surface area contributed by atoms with Gasteiger partial charge in [0.25, 0.3) is 5.91 Å². The minimum Gasteiger partial charge on any atom is -0.444 e. The Hall–Kier alpha value is -1.56. The minimum atomic E-state index is -0.461. The van der Waals surface area contributed by atoms with Crippen molar-refractivity contribution < 1.29 is 14.3 Å². The fourth-order valence-electron chi connectivity index (χ4n) is 4.80. The number of nitrogens with one attached hydrogen (secondary N) is 1. The highest BCUT2D eigenvalue weighted by atomic mass is 79.9. The van der Waals surface area contributed by atoms with Crippen LogP contribution in [-0.4, -0.2) is 41.6 Å². The van der Waals surface area contributed by atoms with Crippen LogP contribution in [0.5, 0.6) is 0 Å². The van der Waals surface area contributed by atoms with Crippen molar-refractivity contribution in [3.8, 4) is 0 Å². The molecule has 2 aliphatic rings. The Bertz CT molecular complexity index is 730. The van der Waals surface area contributed by atoms with Crippen LogP contribution in [0.2, 0.25) is 0 Å². The first-order valence-corrected chi connectivity index (χ1v) is 12.5. The molecule has 1 aliphatic heterocycles. The van der Waals surface area contributed by atoms with Gasteiger partial charge in [-0.05, 0) is 89.0 Å².